The van der Waals surface area contributed by atoms with Gasteiger partial charge in [0.15, 0.2) is 0 Å². The maximum atomic E-state index is 9.61. The number of hydrogen-bond donors (Lipinski definition) is 1. The molecule has 0 amide bonds. The predicted molar refractivity (Wildman–Crippen MR) is 88.6 cm³/mol. The predicted octanol–water partition coefficient (Wildman–Crippen LogP) is -0.886. The van der Waals surface area contributed by atoms with Gasteiger partial charge in [0, 0.05) is 13.0 Å². The minimum atomic E-state index is -0.599. The Balaban J connectivity index is 0.00000441. The summed E-state index contributed by atoms with van der Waals surface area (Å²) in [5, 5.41) is 9.61. The number of rotatable bonds is 11. The van der Waals surface area contributed by atoms with Gasteiger partial charge in [0.05, 0.1) is 25.7 Å². The van der Waals surface area contributed by atoms with E-state index in [0.717, 1.165) is 24.5 Å². The Bertz CT molecular complexity index is 373. The van der Waals surface area contributed by atoms with E-state index in [1.807, 2.05) is 31.2 Å². The summed E-state index contributed by atoms with van der Waals surface area (Å²) in [5.74, 6) is 2.78. The van der Waals surface area contributed by atoms with E-state index in [4.69, 9.17) is 14.2 Å². The van der Waals surface area contributed by atoms with Gasteiger partial charge < -0.3 is 43.3 Å². The van der Waals surface area contributed by atoms with Crippen molar-refractivity contribution in [1.29, 1.82) is 0 Å². The number of hydrogen-bond acceptors (Lipinski definition) is 4. The fourth-order valence-corrected chi connectivity index (χ4v) is 2.36. The van der Waals surface area contributed by atoms with Gasteiger partial charge >= 0.3 is 0 Å². The number of benzene rings is 1. The van der Waals surface area contributed by atoms with Gasteiger partial charge in [-0.1, -0.05) is 0 Å². The molecule has 1 N–H and O–H groups in total. The Morgan fingerprint density at radius 2 is 1.64 bits per heavy atom. The zero-order valence-electron chi connectivity index (χ0n) is 13.6. The third-order valence-electron chi connectivity index (χ3n) is 2.75. The molecule has 0 radical (unpaired) electrons. The molecule has 1 unspecified atom stereocenters. The van der Waals surface area contributed by atoms with Crippen LogP contribution in [0, 0.1) is 0 Å². The molecule has 0 spiro atoms. The van der Waals surface area contributed by atoms with E-state index in [9.17, 15) is 5.11 Å². The molecule has 0 aliphatic carbocycles. The fourth-order valence-electron chi connectivity index (χ4n) is 1.66. The SMILES string of the molecule is CCOCC(O)COc1ccc(OCCC[S+](C)C)cc1.[I-]. The van der Waals surface area contributed by atoms with E-state index in [2.05, 4.69) is 12.5 Å². The highest BCUT2D eigenvalue weighted by Gasteiger charge is 2.05. The average molecular weight is 442 g/mol. The highest BCUT2D eigenvalue weighted by molar-refractivity contribution is 7.95. The monoisotopic (exact) mass is 442 g/mol. The first kappa shape index (κ1) is 21.8. The van der Waals surface area contributed by atoms with E-state index in [1.54, 1.807) is 0 Å². The lowest BCUT2D eigenvalue weighted by molar-refractivity contribution is -0.00000686. The van der Waals surface area contributed by atoms with Gasteiger partial charge in [-0.15, -0.1) is 0 Å². The molecule has 0 fully saturated rings. The van der Waals surface area contributed by atoms with Crippen molar-refractivity contribution in [3.8, 4) is 11.5 Å². The average Bonchev–Trinajstić information content (AvgIpc) is 2.48. The second kappa shape index (κ2) is 13.3. The molecule has 0 aliphatic heterocycles. The fraction of sp³-hybridized carbons (Fsp3) is 0.625. The van der Waals surface area contributed by atoms with Crippen LogP contribution in [0.5, 0.6) is 11.5 Å². The Morgan fingerprint density at radius 3 is 2.18 bits per heavy atom. The molecule has 1 aromatic carbocycles. The Labute approximate surface area is 153 Å². The molecule has 1 atom stereocenters. The van der Waals surface area contributed by atoms with Crippen LogP contribution in [-0.2, 0) is 15.6 Å². The standard InChI is InChI=1S/C16H27O4S.HI/c1-4-18-12-14(17)13-20-16-8-6-15(7-9-16)19-10-5-11-21(2)3;/h6-9,14,17H,4-5,10-13H2,1-3H3;1H/q+1;/p-1. The summed E-state index contributed by atoms with van der Waals surface area (Å²) in [6.45, 7) is 3.77. The van der Waals surface area contributed by atoms with E-state index in [0.29, 0.717) is 24.1 Å². The van der Waals surface area contributed by atoms with Crippen LogP contribution in [0.3, 0.4) is 0 Å². The second-order valence-electron chi connectivity index (χ2n) is 4.99. The van der Waals surface area contributed by atoms with Crippen molar-refractivity contribution in [2.75, 3.05) is 44.7 Å². The van der Waals surface area contributed by atoms with Crippen LogP contribution in [0.15, 0.2) is 24.3 Å². The highest BCUT2D eigenvalue weighted by atomic mass is 127. The van der Waals surface area contributed by atoms with E-state index >= 15 is 0 Å². The summed E-state index contributed by atoms with van der Waals surface area (Å²) < 4.78 is 16.3. The van der Waals surface area contributed by atoms with Crippen LogP contribution in [0.25, 0.3) is 0 Å². The Kier molecular flexibility index (Phi) is 13.2. The van der Waals surface area contributed by atoms with Gasteiger partial charge in [-0.05, 0) is 42.1 Å². The molecule has 0 heterocycles. The lowest BCUT2D eigenvalue weighted by Gasteiger charge is -2.12. The molecule has 0 saturated carbocycles. The maximum absolute atomic E-state index is 9.61. The minimum Gasteiger partial charge on any atom is -1.00 e. The smallest absolute Gasteiger partial charge is 0.119 e. The molecular weight excluding hydrogens is 415 g/mol. The highest BCUT2D eigenvalue weighted by Crippen LogP contribution is 2.18. The largest absolute Gasteiger partial charge is 1.00 e. The number of aliphatic hydroxyl groups excluding tert-OH is 1. The van der Waals surface area contributed by atoms with Gasteiger partial charge in [-0.2, -0.15) is 0 Å². The number of halogens is 1. The van der Waals surface area contributed by atoms with Crippen molar-refractivity contribution in [1.82, 2.24) is 0 Å². The maximum Gasteiger partial charge on any atom is 0.119 e. The van der Waals surface area contributed by atoms with Crippen LogP contribution < -0.4 is 33.5 Å². The zero-order chi connectivity index (χ0) is 15.5. The third kappa shape index (κ3) is 10.5. The molecular formula is C16H27IO4S. The van der Waals surface area contributed by atoms with Crippen molar-refractivity contribution in [2.24, 2.45) is 0 Å². The molecule has 128 valence electrons. The Hall–Kier alpha value is -0.180. The summed E-state index contributed by atoms with van der Waals surface area (Å²) in [4.78, 5) is 0. The van der Waals surface area contributed by atoms with Crippen LogP contribution in [0.4, 0.5) is 0 Å². The quantitative estimate of drug-likeness (QED) is 0.275. The molecule has 6 heteroatoms. The van der Waals surface area contributed by atoms with Gasteiger partial charge in [0.25, 0.3) is 0 Å². The van der Waals surface area contributed by atoms with E-state index in [1.165, 1.54) is 5.75 Å². The molecule has 1 aromatic rings. The van der Waals surface area contributed by atoms with Crippen molar-refractivity contribution < 1.29 is 43.3 Å². The molecule has 22 heavy (non-hydrogen) atoms. The molecule has 0 aromatic heterocycles. The van der Waals surface area contributed by atoms with Crippen LogP contribution >= 0.6 is 0 Å². The summed E-state index contributed by atoms with van der Waals surface area (Å²) >= 11 is 0. The first-order valence-electron chi connectivity index (χ1n) is 7.27. The number of aliphatic hydroxyl groups is 1. The molecule has 4 nitrogen and oxygen atoms in total. The molecule has 0 bridgehead atoms. The minimum absolute atomic E-state index is 0. The Morgan fingerprint density at radius 1 is 1.05 bits per heavy atom. The molecule has 0 saturated heterocycles. The summed E-state index contributed by atoms with van der Waals surface area (Å²) in [6, 6.07) is 7.49. The second-order valence-corrected chi connectivity index (χ2v) is 7.37. The van der Waals surface area contributed by atoms with E-state index in [-0.39, 0.29) is 30.6 Å². The summed E-state index contributed by atoms with van der Waals surface area (Å²) in [7, 11) is 0.479. The topological polar surface area (TPSA) is 47.9 Å². The van der Waals surface area contributed by atoms with Gasteiger partial charge in [0.2, 0.25) is 0 Å². The molecule has 0 aliphatic rings. The van der Waals surface area contributed by atoms with Crippen molar-refractivity contribution in [3.05, 3.63) is 24.3 Å². The van der Waals surface area contributed by atoms with Gasteiger partial charge in [-0.3, -0.25) is 0 Å². The molecule has 1 rings (SSSR count). The van der Waals surface area contributed by atoms with E-state index < -0.39 is 6.10 Å². The normalized spacial score (nSPS) is 11.9. The lowest BCUT2D eigenvalue weighted by Crippen LogP contribution is -3.00. The first-order chi connectivity index (χ1) is 10.1. The first-order valence-corrected chi connectivity index (χ1v) is 9.48. The summed E-state index contributed by atoms with van der Waals surface area (Å²) in [5.41, 5.74) is 0. The zero-order valence-corrected chi connectivity index (χ0v) is 16.6. The van der Waals surface area contributed by atoms with Gasteiger partial charge in [-0.25, -0.2) is 0 Å². The third-order valence-corrected chi connectivity index (χ3v) is 3.85. The van der Waals surface area contributed by atoms with Crippen molar-refractivity contribution in [2.45, 2.75) is 19.4 Å². The summed E-state index contributed by atoms with van der Waals surface area (Å²) in [6.07, 6.45) is 4.97. The lowest BCUT2D eigenvalue weighted by atomic mass is 10.3. The van der Waals surface area contributed by atoms with Crippen LogP contribution in [0.2, 0.25) is 0 Å². The van der Waals surface area contributed by atoms with Crippen molar-refractivity contribution in [3.63, 3.8) is 0 Å². The number of ether oxygens (including phenoxy) is 3. The van der Waals surface area contributed by atoms with Crippen LogP contribution in [-0.4, -0.2) is 55.9 Å². The van der Waals surface area contributed by atoms with Crippen molar-refractivity contribution >= 4 is 10.9 Å². The van der Waals surface area contributed by atoms with Gasteiger partial charge in [0.1, 0.15) is 30.0 Å². The van der Waals surface area contributed by atoms with Crippen LogP contribution in [0.1, 0.15) is 13.3 Å².